The van der Waals surface area contributed by atoms with Gasteiger partial charge in [0.1, 0.15) is 5.69 Å². The molecule has 0 unspecified atom stereocenters. The minimum Gasteiger partial charge on any atom is -0.462 e. The van der Waals surface area contributed by atoms with E-state index in [0.717, 1.165) is 11.1 Å². The van der Waals surface area contributed by atoms with Crippen molar-refractivity contribution in [3.05, 3.63) is 57.9 Å². The largest absolute Gasteiger partial charge is 0.462 e. The number of hydrogen-bond acceptors (Lipinski definition) is 3. The van der Waals surface area contributed by atoms with Gasteiger partial charge in [0.15, 0.2) is 0 Å². The lowest BCUT2D eigenvalue weighted by Gasteiger charge is -2.20. The zero-order valence-corrected chi connectivity index (χ0v) is 15.7. The van der Waals surface area contributed by atoms with Crippen LogP contribution in [0.2, 0.25) is 0 Å². The number of amides is 1. The molecule has 2 rings (SSSR count). The van der Waals surface area contributed by atoms with Crippen LogP contribution in [0.5, 0.6) is 0 Å². The van der Waals surface area contributed by atoms with Crippen molar-refractivity contribution in [2.75, 3.05) is 13.2 Å². The van der Waals surface area contributed by atoms with Gasteiger partial charge in [-0.1, -0.05) is 35.7 Å². The molecule has 1 aromatic carbocycles. The Kier molecular flexibility index (Phi) is 6.24. The molecule has 0 aliphatic rings. The molecule has 5 heteroatoms. The first-order valence-corrected chi connectivity index (χ1v) is 8.53. The Morgan fingerprint density at radius 3 is 2.42 bits per heavy atom. The summed E-state index contributed by atoms with van der Waals surface area (Å²) in [5.41, 5.74) is 4.11. The molecule has 1 N–H and O–H groups in total. The van der Waals surface area contributed by atoms with E-state index in [-0.39, 0.29) is 19.1 Å². The van der Waals surface area contributed by atoms with Crippen molar-refractivity contribution in [1.82, 2.24) is 9.88 Å². The van der Waals surface area contributed by atoms with Gasteiger partial charge in [0.2, 0.25) is 0 Å². The van der Waals surface area contributed by atoms with Crippen molar-refractivity contribution in [3.63, 3.8) is 0 Å². The average Bonchev–Trinajstić information content (AvgIpc) is 2.90. The van der Waals surface area contributed by atoms with E-state index in [0.29, 0.717) is 29.1 Å². The van der Waals surface area contributed by atoms with Gasteiger partial charge in [0.25, 0.3) is 5.91 Å². The van der Waals surface area contributed by atoms with E-state index in [1.807, 2.05) is 31.2 Å². The smallest absolute Gasteiger partial charge is 0.340 e. The highest BCUT2D eigenvalue weighted by atomic mass is 16.5. The Balaban J connectivity index is 2.31. The number of rotatable bonds is 6. The van der Waals surface area contributed by atoms with Gasteiger partial charge < -0.3 is 14.6 Å². The third-order valence-electron chi connectivity index (χ3n) is 4.19. The van der Waals surface area contributed by atoms with E-state index in [9.17, 15) is 9.59 Å². The molecule has 0 aliphatic heterocycles. The number of benzene rings is 1. The second-order valence-corrected chi connectivity index (χ2v) is 6.20. The summed E-state index contributed by atoms with van der Waals surface area (Å²) in [5.74, 6) is 1.87. The molecule has 0 atom stereocenters. The average molecular weight is 352 g/mol. The molecule has 0 spiro atoms. The molecule has 0 aliphatic carbocycles. The molecule has 0 fully saturated rings. The number of esters is 1. The van der Waals surface area contributed by atoms with E-state index >= 15 is 0 Å². The number of aryl methyl sites for hydroxylation is 2. The van der Waals surface area contributed by atoms with E-state index in [4.69, 9.17) is 11.2 Å². The number of ether oxygens (including phenoxy) is 1. The number of carbonyl (C=O) groups excluding carboxylic acids is 2. The summed E-state index contributed by atoms with van der Waals surface area (Å²) in [4.78, 5) is 29.8. The fraction of sp³-hybridized carbons (Fsp3) is 0.333. The molecule has 1 amide bonds. The third kappa shape index (κ3) is 4.15. The Bertz CT molecular complexity index is 841. The van der Waals surface area contributed by atoms with E-state index in [1.54, 1.807) is 25.7 Å². The standard InChI is InChI=1S/C21H24N2O3/c1-6-12-23(13-17-10-8-14(3)9-11-17)20(24)19-15(4)18(16(5)22-19)21(25)26-7-2/h1,8-11,22H,7,12-13H2,2-5H3. The molecule has 2 aromatic rings. The van der Waals surface area contributed by atoms with Crippen LogP contribution in [0, 0.1) is 33.1 Å². The van der Waals surface area contributed by atoms with Crippen LogP contribution in [-0.4, -0.2) is 34.9 Å². The fourth-order valence-electron chi connectivity index (χ4n) is 2.86. The van der Waals surface area contributed by atoms with Crippen molar-refractivity contribution < 1.29 is 14.3 Å². The highest BCUT2D eigenvalue weighted by molar-refractivity contribution is 6.00. The lowest BCUT2D eigenvalue weighted by Crippen LogP contribution is -2.31. The number of hydrogen-bond donors (Lipinski definition) is 1. The molecule has 1 aromatic heterocycles. The molecule has 0 bridgehead atoms. The Morgan fingerprint density at radius 1 is 1.19 bits per heavy atom. The quantitative estimate of drug-likeness (QED) is 0.640. The molecule has 0 radical (unpaired) electrons. The first-order chi connectivity index (χ1) is 12.4. The number of nitrogens with one attached hydrogen (secondary N) is 1. The van der Waals surface area contributed by atoms with Gasteiger partial charge in [0.05, 0.1) is 18.7 Å². The van der Waals surface area contributed by atoms with Crippen LogP contribution in [0.15, 0.2) is 24.3 Å². The maximum absolute atomic E-state index is 13.0. The predicted octanol–water partition coefficient (Wildman–Crippen LogP) is 3.39. The highest BCUT2D eigenvalue weighted by Gasteiger charge is 2.25. The Hall–Kier alpha value is -3.00. The number of terminal acetylenes is 1. The fourth-order valence-corrected chi connectivity index (χ4v) is 2.86. The van der Waals surface area contributed by atoms with Crippen LogP contribution >= 0.6 is 0 Å². The van der Waals surface area contributed by atoms with Crippen LogP contribution < -0.4 is 0 Å². The number of carbonyl (C=O) groups is 2. The zero-order chi connectivity index (χ0) is 19.3. The Labute approximate surface area is 154 Å². The van der Waals surface area contributed by atoms with Gasteiger partial charge in [-0.25, -0.2) is 4.79 Å². The van der Waals surface area contributed by atoms with Crippen molar-refractivity contribution in [2.24, 2.45) is 0 Å². The van der Waals surface area contributed by atoms with Crippen molar-refractivity contribution in [2.45, 2.75) is 34.2 Å². The van der Waals surface area contributed by atoms with Crippen LogP contribution in [0.25, 0.3) is 0 Å². The van der Waals surface area contributed by atoms with E-state index < -0.39 is 5.97 Å². The lowest BCUT2D eigenvalue weighted by atomic mass is 10.1. The van der Waals surface area contributed by atoms with Gasteiger partial charge >= 0.3 is 5.97 Å². The van der Waals surface area contributed by atoms with Crippen molar-refractivity contribution >= 4 is 11.9 Å². The molecule has 0 saturated carbocycles. The van der Waals surface area contributed by atoms with Crippen molar-refractivity contribution in [3.8, 4) is 12.3 Å². The highest BCUT2D eigenvalue weighted by Crippen LogP contribution is 2.21. The summed E-state index contributed by atoms with van der Waals surface area (Å²) in [6.45, 7) is 8.11. The van der Waals surface area contributed by atoms with Crippen molar-refractivity contribution in [1.29, 1.82) is 0 Å². The van der Waals surface area contributed by atoms with Crippen LogP contribution in [0.1, 0.15) is 50.2 Å². The summed E-state index contributed by atoms with van der Waals surface area (Å²) >= 11 is 0. The minimum atomic E-state index is -0.431. The van der Waals surface area contributed by atoms with Gasteiger partial charge in [-0.2, -0.15) is 0 Å². The number of nitrogens with zero attached hydrogens (tertiary/aromatic N) is 1. The maximum Gasteiger partial charge on any atom is 0.340 e. The second-order valence-electron chi connectivity index (χ2n) is 6.20. The summed E-state index contributed by atoms with van der Waals surface area (Å²) in [5, 5.41) is 0. The first-order valence-electron chi connectivity index (χ1n) is 8.53. The molecule has 0 saturated heterocycles. The Morgan fingerprint density at radius 2 is 1.85 bits per heavy atom. The monoisotopic (exact) mass is 352 g/mol. The topological polar surface area (TPSA) is 62.4 Å². The minimum absolute atomic E-state index is 0.180. The molecular weight excluding hydrogens is 328 g/mol. The maximum atomic E-state index is 13.0. The second kappa shape index (κ2) is 8.39. The first kappa shape index (κ1) is 19.3. The van der Waals surface area contributed by atoms with E-state index in [2.05, 4.69) is 10.9 Å². The molecule has 1 heterocycles. The van der Waals surface area contributed by atoms with Crippen LogP contribution in [0.3, 0.4) is 0 Å². The predicted molar refractivity (Wildman–Crippen MR) is 101 cm³/mol. The van der Waals surface area contributed by atoms with Crippen LogP contribution in [0.4, 0.5) is 0 Å². The number of aromatic amines is 1. The van der Waals surface area contributed by atoms with Gasteiger partial charge in [0, 0.05) is 12.2 Å². The lowest BCUT2D eigenvalue weighted by molar-refractivity contribution is 0.0525. The number of aromatic nitrogens is 1. The molecule has 26 heavy (non-hydrogen) atoms. The summed E-state index contributed by atoms with van der Waals surface area (Å²) in [6.07, 6.45) is 5.46. The zero-order valence-electron chi connectivity index (χ0n) is 15.7. The third-order valence-corrected chi connectivity index (χ3v) is 4.19. The van der Waals surface area contributed by atoms with Gasteiger partial charge in [-0.3, -0.25) is 4.79 Å². The summed E-state index contributed by atoms with van der Waals surface area (Å²) in [6, 6.07) is 7.94. The molecular formula is C21H24N2O3. The molecule has 5 nitrogen and oxygen atoms in total. The normalized spacial score (nSPS) is 10.3. The van der Waals surface area contributed by atoms with Gasteiger partial charge in [-0.05, 0) is 38.8 Å². The number of H-pyrrole nitrogens is 1. The van der Waals surface area contributed by atoms with Gasteiger partial charge in [-0.15, -0.1) is 6.42 Å². The molecule has 136 valence electrons. The summed E-state index contributed by atoms with van der Waals surface area (Å²) < 4.78 is 5.08. The summed E-state index contributed by atoms with van der Waals surface area (Å²) in [7, 11) is 0. The SMILES string of the molecule is C#CCN(Cc1ccc(C)cc1)C(=O)c1[nH]c(C)c(C(=O)OCC)c1C. The van der Waals surface area contributed by atoms with E-state index in [1.165, 1.54) is 0 Å². The van der Waals surface area contributed by atoms with Crippen LogP contribution in [-0.2, 0) is 11.3 Å².